The Morgan fingerprint density at radius 2 is 1.80 bits per heavy atom. The van der Waals surface area contributed by atoms with Crippen molar-refractivity contribution in [1.29, 1.82) is 0 Å². The van der Waals surface area contributed by atoms with Crippen LogP contribution in [-0.4, -0.2) is 28.7 Å². The highest BCUT2D eigenvalue weighted by Gasteiger charge is 2.31. The molecule has 1 rings (SSSR count). The molecule has 3 N–H and O–H groups in total. The van der Waals surface area contributed by atoms with Crippen molar-refractivity contribution in [3.63, 3.8) is 0 Å². The third-order valence-corrected chi connectivity index (χ3v) is 2.73. The van der Waals surface area contributed by atoms with Crippen molar-refractivity contribution in [3.05, 3.63) is 35.9 Å². The third-order valence-electron chi connectivity index (χ3n) is 2.73. The number of nitrogens with two attached hydrogens (primary N) is 1. The van der Waals surface area contributed by atoms with Crippen LogP contribution < -0.4 is 5.73 Å². The van der Waals surface area contributed by atoms with Crippen LogP contribution in [0.2, 0.25) is 0 Å². The van der Waals surface area contributed by atoms with Gasteiger partial charge in [0.15, 0.2) is 0 Å². The lowest BCUT2D eigenvalue weighted by Crippen LogP contribution is -2.42. The van der Waals surface area contributed by atoms with E-state index < -0.39 is 29.5 Å². The minimum atomic E-state index is -1.01. The monoisotopic (exact) mass is 279 g/mol. The first-order valence-electron chi connectivity index (χ1n) is 6.46. The zero-order valence-corrected chi connectivity index (χ0v) is 12.0. The molecule has 0 spiro atoms. The number of benzene rings is 1. The van der Waals surface area contributed by atoms with E-state index in [2.05, 4.69) is 0 Å². The molecule has 0 saturated carbocycles. The molecule has 5 heteroatoms. The zero-order chi connectivity index (χ0) is 15.3. The molecule has 20 heavy (non-hydrogen) atoms. The molecule has 5 nitrogen and oxygen atoms in total. The lowest BCUT2D eigenvalue weighted by atomic mass is 9.89. The second-order valence-electron chi connectivity index (χ2n) is 5.67. The van der Waals surface area contributed by atoms with Crippen molar-refractivity contribution < 1.29 is 19.4 Å². The molecule has 0 heterocycles. The highest BCUT2D eigenvalue weighted by atomic mass is 16.6. The van der Waals surface area contributed by atoms with E-state index in [0.29, 0.717) is 5.56 Å². The van der Waals surface area contributed by atoms with E-state index in [1.807, 2.05) is 6.07 Å². The minimum absolute atomic E-state index is 0.218. The van der Waals surface area contributed by atoms with Gasteiger partial charge in [-0.25, -0.2) is 0 Å². The van der Waals surface area contributed by atoms with E-state index in [0.717, 1.165) is 0 Å². The Hall–Kier alpha value is -1.88. The van der Waals surface area contributed by atoms with Crippen LogP contribution in [0.1, 0.15) is 38.7 Å². The summed E-state index contributed by atoms with van der Waals surface area (Å²) in [5.74, 6) is -2.20. The molecule has 2 atom stereocenters. The number of rotatable bonds is 5. The Morgan fingerprint density at radius 3 is 2.25 bits per heavy atom. The van der Waals surface area contributed by atoms with E-state index >= 15 is 0 Å². The highest BCUT2D eigenvalue weighted by Crippen LogP contribution is 2.24. The molecule has 1 aromatic carbocycles. The maximum absolute atomic E-state index is 12.0. The van der Waals surface area contributed by atoms with E-state index in [1.165, 1.54) is 0 Å². The molecule has 0 aliphatic heterocycles. The first kappa shape index (κ1) is 16.2. The van der Waals surface area contributed by atoms with Gasteiger partial charge in [-0.2, -0.15) is 0 Å². The second kappa shape index (κ2) is 6.52. The maximum atomic E-state index is 12.0. The van der Waals surface area contributed by atoms with E-state index in [4.69, 9.17) is 15.6 Å². The average Bonchev–Trinajstić information content (AvgIpc) is 2.34. The second-order valence-corrected chi connectivity index (χ2v) is 5.67. The quantitative estimate of drug-likeness (QED) is 0.804. The smallest absolute Gasteiger partial charge is 0.324 e. The molecule has 110 valence electrons. The van der Waals surface area contributed by atoms with Crippen molar-refractivity contribution >= 4 is 11.9 Å². The van der Waals surface area contributed by atoms with Gasteiger partial charge in [-0.05, 0) is 26.3 Å². The van der Waals surface area contributed by atoms with Gasteiger partial charge in [0.25, 0.3) is 0 Å². The molecule has 1 aromatic rings. The normalized spacial score (nSPS) is 14.4. The van der Waals surface area contributed by atoms with Crippen LogP contribution in [0.3, 0.4) is 0 Å². The summed E-state index contributed by atoms with van der Waals surface area (Å²) in [5, 5.41) is 9.00. The van der Waals surface area contributed by atoms with Crippen molar-refractivity contribution in [2.75, 3.05) is 0 Å². The zero-order valence-electron chi connectivity index (χ0n) is 12.0. The highest BCUT2D eigenvalue weighted by molar-refractivity contribution is 5.79. The van der Waals surface area contributed by atoms with Gasteiger partial charge in [0, 0.05) is 5.92 Å². The summed E-state index contributed by atoms with van der Waals surface area (Å²) in [6.45, 7) is 5.23. The van der Waals surface area contributed by atoms with Crippen LogP contribution >= 0.6 is 0 Å². The molecule has 0 bridgehead atoms. The molecule has 0 fully saturated rings. The van der Waals surface area contributed by atoms with Crippen molar-refractivity contribution in [2.45, 2.75) is 44.8 Å². The molecule has 0 aliphatic rings. The number of carbonyl (C=O) groups is 2. The average molecular weight is 279 g/mol. The number of esters is 1. The summed E-state index contributed by atoms with van der Waals surface area (Å²) in [5.41, 5.74) is 5.97. The van der Waals surface area contributed by atoms with Crippen molar-refractivity contribution in [2.24, 2.45) is 5.73 Å². The summed E-state index contributed by atoms with van der Waals surface area (Å²) in [4.78, 5) is 23.0. The van der Waals surface area contributed by atoms with Crippen LogP contribution in [0.5, 0.6) is 0 Å². The van der Waals surface area contributed by atoms with E-state index in [9.17, 15) is 9.59 Å². The largest absolute Gasteiger partial charge is 0.481 e. The Morgan fingerprint density at radius 1 is 1.25 bits per heavy atom. The maximum Gasteiger partial charge on any atom is 0.324 e. The van der Waals surface area contributed by atoms with Crippen molar-refractivity contribution in [1.82, 2.24) is 0 Å². The van der Waals surface area contributed by atoms with Gasteiger partial charge in [0.2, 0.25) is 0 Å². The summed E-state index contributed by atoms with van der Waals surface area (Å²) in [6, 6.07) is 7.90. The standard InChI is InChI=1S/C15H21NO4/c1-15(2,3)20-14(19)13(16)11(9-12(17)18)10-7-5-4-6-8-10/h4-8,11,13H,9,16H2,1-3H3,(H,17,18). The van der Waals surface area contributed by atoms with Crippen LogP contribution in [0.15, 0.2) is 30.3 Å². The number of hydrogen-bond donors (Lipinski definition) is 2. The fourth-order valence-corrected chi connectivity index (χ4v) is 1.87. The van der Waals surface area contributed by atoms with Gasteiger partial charge in [-0.1, -0.05) is 30.3 Å². The minimum Gasteiger partial charge on any atom is -0.481 e. The van der Waals surface area contributed by atoms with Crippen molar-refractivity contribution in [3.8, 4) is 0 Å². The molecule has 0 amide bonds. The molecule has 0 aliphatic carbocycles. The predicted octanol–water partition coefficient (Wildman–Crippen LogP) is 1.91. The molecule has 0 radical (unpaired) electrons. The third kappa shape index (κ3) is 5.01. The number of carboxylic acid groups (broad SMARTS) is 1. The lowest BCUT2D eigenvalue weighted by molar-refractivity contribution is -0.157. The van der Waals surface area contributed by atoms with E-state index in [-0.39, 0.29) is 6.42 Å². The summed E-state index contributed by atoms with van der Waals surface area (Å²) in [6.07, 6.45) is -0.218. The van der Waals surface area contributed by atoms with Gasteiger partial charge in [0.05, 0.1) is 6.42 Å². The van der Waals surface area contributed by atoms with Gasteiger partial charge in [-0.3, -0.25) is 9.59 Å². The molecule has 2 unspecified atom stereocenters. The van der Waals surface area contributed by atoms with E-state index in [1.54, 1.807) is 45.0 Å². The van der Waals surface area contributed by atoms with Crippen LogP contribution in [-0.2, 0) is 14.3 Å². The fourth-order valence-electron chi connectivity index (χ4n) is 1.87. The van der Waals surface area contributed by atoms with Gasteiger partial charge in [-0.15, -0.1) is 0 Å². The van der Waals surface area contributed by atoms with Gasteiger partial charge >= 0.3 is 11.9 Å². The topological polar surface area (TPSA) is 89.6 Å². The van der Waals surface area contributed by atoms with Gasteiger partial charge < -0.3 is 15.6 Å². The molecular formula is C15H21NO4. The number of ether oxygens (including phenoxy) is 1. The Bertz CT molecular complexity index is 465. The first-order valence-corrected chi connectivity index (χ1v) is 6.46. The van der Waals surface area contributed by atoms with Gasteiger partial charge in [0.1, 0.15) is 11.6 Å². The summed E-state index contributed by atoms with van der Waals surface area (Å²) < 4.78 is 5.23. The Kier molecular flexibility index (Phi) is 5.27. The number of carbonyl (C=O) groups excluding carboxylic acids is 1. The summed E-state index contributed by atoms with van der Waals surface area (Å²) >= 11 is 0. The Balaban J connectivity index is 2.94. The van der Waals surface area contributed by atoms with Crippen LogP contribution in [0, 0.1) is 0 Å². The molecule has 0 saturated heterocycles. The lowest BCUT2D eigenvalue weighted by Gasteiger charge is -2.26. The SMILES string of the molecule is CC(C)(C)OC(=O)C(N)C(CC(=O)O)c1ccccc1. The predicted molar refractivity (Wildman–Crippen MR) is 75.3 cm³/mol. The number of aliphatic carboxylic acids is 1. The van der Waals surface area contributed by atoms with Crippen LogP contribution in [0.4, 0.5) is 0 Å². The Labute approximate surface area is 118 Å². The number of carboxylic acids is 1. The molecule has 0 aromatic heterocycles. The molecular weight excluding hydrogens is 258 g/mol. The number of hydrogen-bond acceptors (Lipinski definition) is 4. The summed E-state index contributed by atoms with van der Waals surface area (Å²) in [7, 11) is 0. The fraction of sp³-hybridized carbons (Fsp3) is 0.467. The first-order chi connectivity index (χ1) is 9.20. The van der Waals surface area contributed by atoms with Crippen LogP contribution in [0.25, 0.3) is 0 Å².